The molecule has 4 aromatic carbocycles. The molecule has 0 amide bonds. The number of rotatable bonds is 15. The number of carbonyl (C=O) groups is 2. The predicted molar refractivity (Wildman–Crippen MR) is 215 cm³/mol. The van der Waals surface area contributed by atoms with Crippen LogP contribution in [0.25, 0.3) is 16.0 Å². The van der Waals surface area contributed by atoms with E-state index in [1.54, 1.807) is 12.1 Å². The van der Waals surface area contributed by atoms with Gasteiger partial charge in [0.1, 0.15) is 66.6 Å². The van der Waals surface area contributed by atoms with Gasteiger partial charge in [0.05, 0.1) is 22.2 Å². The van der Waals surface area contributed by atoms with Crippen LogP contribution in [-0.2, 0) is 26.4 Å². The van der Waals surface area contributed by atoms with Gasteiger partial charge >= 0.3 is 11.9 Å². The monoisotopic (exact) mass is 814 g/mol. The zero-order valence-corrected chi connectivity index (χ0v) is 32.5. The van der Waals surface area contributed by atoms with Crippen molar-refractivity contribution in [3.63, 3.8) is 0 Å². The van der Waals surface area contributed by atoms with E-state index >= 15 is 0 Å². The minimum absolute atomic E-state index is 0.0275. The van der Waals surface area contributed by atoms with Crippen LogP contribution in [0.4, 0.5) is 5.69 Å². The molecule has 0 spiro atoms. The number of carboxylic acids is 2. The highest BCUT2D eigenvalue weighted by molar-refractivity contribution is 6.32. The van der Waals surface area contributed by atoms with Crippen LogP contribution in [-0.4, -0.2) is 32.1 Å². The zero-order valence-electron chi connectivity index (χ0n) is 31.0. The molecule has 6 rings (SSSR count). The number of hydrogen-bond acceptors (Lipinski definition) is 9. The summed E-state index contributed by atoms with van der Waals surface area (Å²) < 4.78 is 24.0. The summed E-state index contributed by atoms with van der Waals surface area (Å²) in [6.45, 7) is 11.3. The van der Waals surface area contributed by atoms with Gasteiger partial charge in [-0.2, -0.15) is 5.26 Å². The maximum Gasteiger partial charge on any atom is 0.339 e. The summed E-state index contributed by atoms with van der Waals surface area (Å²) in [7, 11) is 0. The molecule has 0 unspecified atom stereocenters. The molecule has 0 saturated heterocycles. The Kier molecular flexibility index (Phi) is 12.7. The maximum atomic E-state index is 12.0. The summed E-state index contributed by atoms with van der Waals surface area (Å²) in [4.78, 5) is 35.5. The molecule has 0 aliphatic heterocycles. The molecule has 0 radical (unpaired) electrons. The van der Waals surface area contributed by atoms with Gasteiger partial charge in [0.25, 0.3) is 0 Å². The number of carboxylic acid groups (broad SMARTS) is 2. The third-order valence-electron chi connectivity index (χ3n) is 9.10. The molecule has 290 valence electrons. The number of hydrogen-bond donors (Lipinski definition) is 2. The number of aromatic nitrogens is 2. The molecule has 0 atom stereocenters. The van der Waals surface area contributed by atoms with Crippen molar-refractivity contribution in [2.45, 2.75) is 40.3 Å². The SMILES string of the molecule is [C-]#[N+]c1cncc(COc2cc(OCc3cccc(-c4cccc(COc5cc(OCc6cncc(C#N)c6)c(C(=O)O)cc5Cl)c4C)c3C)c(Cl)cc2C(=O)O)c1. The van der Waals surface area contributed by atoms with Gasteiger partial charge in [-0.15, -0.1) is 0 Å². The molecule has 0 bridgehead atoms. The first-order valence-corrected chi connectivity index (χ1v) is 18.2. The van der Waals surface area contributed by atoms with E-state index in [0.717, 1.165) is 33.4 Å². The fourth-order valence-corrected chi connectivity index (χ4v) is 6.44. The lowest BCUT2D eigenvalue weighted by molar-refractivity contribution is 0.0680. The van der Waals surface area contributed by atoms with Crippen LogP contribution < -0.4 is 18.9 Å². The first kappa shape index (κ1) is 40.5. The number of benzene rings is 4. The molecule has 2 N–H and O–H groups in total. The Bertz CT molecular complexity index is 2460. The largest absolute Gasteiger partial charge is 0.488 e. The van der Waals surface area contributed by atoms with E-state index in [2.05, 4.69) is 14.8 Å². The molecule has 14 heteroatoms. The van der Waals surface area contributed by atoms with E-state index in [1.165, 1.54) is 49.1 Å². The van der Waals surface area contributed by atoms with Gasteiger partial charge in [-0.1, -0.05) is 59.6 Å². The zero-order chi connectivity index (χ0) is 41.3. The van der Waals surface area contributed by atoms with E-state index in [4.69, 9.17) is 48.7 Å². The summed E-state index contributed by atoms with van der Waals surface area (Å²) in [6.07, 6.45) is 5.90. The first-order valence-electron chi connectivity index (χ1n) is 17.4. The normalized spacial score (nSPS) is 10.6. The lowest BCUT2D eigenvalue weighted by Crippen LogP contribution is -2.06. The van der Waals surface area contributed by atoms with Gasteiger partial charge < -0.3 is 29.2 Å². The number of halogens is 2. The van der Waals surface area contributed by atoms with Crippen molar-refractivity contribution in [2.24, 2.45) is 0 Å². The second-order valence-electron chi connectivity index (χ2n) is 12.9. The predicted octanol–water partition coefficient (Wildman–Crippen LogP) is 10.2. The van der Waals surface area contributed by atoms with E-state index in [0.29, 0.717) is 22.4 Å². The molecule has 0 aliphatic carbocycles. The summed E-state index contributed by atoms with van der Waals surface area (Å²) in [5, 5.41) is 29.0. The Hall–Kier alpha value is -7.12. The number of nitrogens with zero attached hydrogens (tertiary/aromatic N) is 4. The molecular formula is C44H32Cl2N4O8. The van der Waals surface area contributed by atoms with Gasteiger partial charge in [0.2, 0.25) is 5.69 Å². The molecule has 0 aliphatic rings. The quantitative estimate of drug-likeness (QED) is 0.0948. The lowest BCUT2D eigenvalue weighted by atomic mass is 9.92. The Labute approximate surface area is 343 Å². The third-order valence-corrected chi connectivity index (χ3v) is 9.69. The number of pyridine rings is 2. The fraction of sp³-hybridized carbons (Fsp3) is 0.136. The minimum Gasteiger partial charge on any atom is -0.488 e. The van der Waals surface area contributed by atoms with Crippen molar-refractivity contribution < 1.29 is 38.7 Å². The number of nitriles is 1. The van der Waals surface area contributed by atoms with Crippen LogP contribution in [0.3, 0.4) is 0 Å². The highest BCUT2D eigenvalue weighted by Crippen LogP contribution is 2.37. The van der Waals surface area contributed by atoms with E-state index in [-0.39, 0.29) is 70.6 Å². The Morgan fingerprint density at radius 1 is 0.672 bits per heavy atom. The number of ether oxygens (including phenoxy) is 4. The van der Waals surface area contributed by atoms with E-state index < -0.39 is 11.9 Å². The van der Waals surface area contributed by atoms with Gasteiger partial charge in [-0.3, -0.25) is 9.97 Å². The summed E-state index contributed by atoms with van der Waals surface area (Å²) >= 11 is 13.0. The van der Waals surface area contributed by atoms with Crippen LogP contribution in [0, 0.1) is 31.8 Å². The third kappa shape index (κ3) is 9.45. The fourth-order valence-electron chi connectivity index (χ4n) is 6.00. The summed E-state index contributed by atoms with van der Waals surface area (Å²) in [6, 6.07) is 22.3. The minimum atomic E-state index is -1.23. The van der Waals surface area contributed by atoms with Crippen molar-refractivity contribution >= 4 is 40.8 Å². The van der Waals surface area contributed by atoms with Crippen LogP contribution >= 0.6 is 23.2 Å². The van der Waals surface area contributed by atoms with Crippen LogP contribution in [0.15, 0.2) is 97.6 Å². The highest BCUT2D eigenvalue weighted by atomic mass is 35.5. The van der Waals surface area contributed by atoms with Crippen LogP contribution in [0.1, 0.15) is 59.7 Å². The summed E-state index contributed by atoms with van der Waals surface area (Å²) in [5.74, 6) is -1.93. The standard InChI is InChI=1S/C44H32Cl2N4O8/c1-25-30(23-57-41-14-39(35(43(51)52)12-37(41)45)55-21-28-10-27(16-47)17-49-18-28)6-4-8-33(25)34-9-5-7-31(26(34)2)24-58-42-15-40(36(44(53)54)13-38(42)46)56-22-29-11-32(48-3)20-50-19-29/h4-15,17-20H,21-24H2,1-2H3,(H,51,52)(H,53,54). The average molecular weight is 816 g/mol. The van der Waals surface area contributed by atoms with Crippen molar-refractivity contribution in [2.75, 3.05) is 0 Å². The van der Waals surface area contributed by atoms with Gasteiger partial charge in [0.15, 0.2) is 0 Å². The van der Waals surface area contributed by atoms with E-state index in [9.17, 15) is 25.1 Å². The van der Waals surface area contributed by atoms with Crippen molar-refractivity contribution in [3.8, 4) is 40.2 Å². The molecule has 6 aromatic rings. The van der Waals surface area contributed by atoms with Crippen LogP contribution in [0.5, 0.6) is 23.0 Å². The molecule has 0 saturated carbocycles. The smallest absolute Gasteiger partial charge is 0.339 e. The Morgan fingerprint density at radius 3 is 1.60 bits per heavy atom. The van der Waals surface area contributed by atoms with Crippen molar-refractivity contribution in [1.29, 1.82) is 5.26 Å². The topological polar surface area (TPSA) is 165 Å². The second-order valence-corrected chi connectivity index (χ2v) is 13.7. The molecule has 58 heavy (non-hydrogen) atoms. The average Bonchev–Trinajstić information content (AvgIpc) is 3.22. The van der Waals surface area contributed by atoms with E-state index in [1.807, 2.05) is 56.3 Å². The van der Waals surface area contributed by atoms with Gasteiger partial charge in [0, 0.05) is 42.5 Å². The molecule has 2 aromatic heterocycles. The number of aromatic carboxylic acids is 2. The molecular weight excluding hydrogens is 783 g/mol. The Morgan fingerprint density at radius 2 is 1.14 bits per heavy atom. The van der Waals surface area contributed by atoms with Crippen LogP contribution in [0.2, 0.25) is 10.0 Å². The van der Waals surface area contributed by atoms with Crippen molar-refractivity contribution in [3.05, 3.63) is 169 Å². The van der Waals surface area contributed by atoms with Gasteiger partial charge in [-0.05, 0) is 77.1 Å². The molecule has 0 fully saturated rings. The second kappa shape index (κ2) is 18.2. The molecule has 2 heterocycles. The van der Waals surface area contributed by atoms with Gasteiger partial charge in [-0.25, -0.2) is 14.4 Å². The Balaban J connectivity index is 1.18. The summed E-state index contributed by atoms with van der Waals surface area (Å²) in [5.41, 5.74) is 7.04. The maximum absolute atomic E-state index is 12.0. The van der Waals surface area contributed by atoms with Crippen molar-refractivity contribution in [1.82, 2.24) is 9.97 Å². The highest BCUT2D eigenvalue weighted by Gasteiger charge is 2.20. The lowest BCUT2D eigenvalue weighted by Gasteiger charge is -2.18. The molecule has 12 nitrogen and oxygen atoms in total. The first-order chi connectivity index (χ1) is 27.9.